The maximum absolute atomic E-state index is 6.38. The minimum atomic E-state index is 0.409. The summed E-state index contributed by atoms with van der Waals surface area (Å²) in [6.07, 6.45) is 0. The predicted octanol–water partition coefficient (Wildman–Crippen LogP) is 6.05. The highest BCUT2D eigenvalue weighted by atomic mass is 35.5. The molecule has 6 heteroatoms. The van der Waals surface area contributed by atoms with Crippen LogP contribution in [0.4, 0.5) is 0 Å². The molecule has 3 rings (SSSR count). The third-order valence-corrected chi connectivity index (χ3v) is 5.06. The Hall–Kier alpha value is -2.27. The number of hydrogen-bond donors (Lipinski definition) is 1. The largest absolute Gasteiger partial charge is 0.496 e. The number of benzene rings is 3. The van der Waals surface area contributed by atoms with Gasteiger partial charge in [-0.15, -0.1) is 0 Å². The first-order valence-electron chi connectivity index (χ1n) is 8.63. The van der Waals surface area contributed by atoms with Crippen molar-refractivity contribution in [2.75, 3.05) is 7.11 Å². The van der Waals surface area contributed by atoms with Crippen molar-refractivity contribution in [1.82, 2.24) is 5.32 Å². The van der Waals surface area contributed by atoms with Crippen LogP contribution in [0, 0.1) is 0 Å². The van der Waals surface area contributed by atoms with E-state index in [-0.39, 0.29) is 0 Å². The quantitative estimate of drug-likeness (QED) is 0.461. The lowest BCUT2D eigenvalue weighted by atomic mass is 10.1. The molecule has 0 aromatic heterocycles. The van der Waals surface area contributed by atoms with Crippen molar-refractivity contribution in [2.24, 2.45) is 0 Å². The van der Waals surface area contributed by atoms with Crippen molar-refractivity contribution in [3.63, 3.8) is 0 Å². The summed E-state index contributed by atoms with van der Waals surface area (Å²) in [5, 5.41) is 4.44. The molecule has 0 unspecified atom stereocenters. The first kappa shape index (κ1) is 20.5. The highest BCUT2D eigenvalue weighted by Gasteiger charge is 2.08. The van der Waals surface area contributed by atoms with Gasteiger partial charge in [0.05, 0.1) is 12.1 Å². The lowest BCUT2D eigenvalue weighted by Crippen LogP contribution is -2.22. The number of ether oxygens (including phenoxy) is 2. The highest BCUT2D eigenvalue weighted by molar-refractivity contribution is 7.80. The van der Waals surface area contributed by atoms with Crippen LogP contribution in [0.5, 0.6) is 11.5 Å². The summed E-state index contributed by atoms with van der Waals surface area (Å²) in [5.74, 6) is 1.43. The van der Waals surface area contributed by atoms with E-state index in [1.54, 1.807) is 13.2 Å². The molecule has 0 aliphatic heterocycles. The Morgan fingerprint density at radius 1 is 0.964 bits per heavy atom. The normalized spacial score (nSPS) is 10.4. The van der Waals surface area contributed by atoms with E-state index >= 15 is 0 Å². The van der Waals surface area contributed by atoms with Crippen LogP contribution in [0.2, 0.25) is 10.0 Å². The second-order valence-corrected chi connectivity index (χ2v) is 7.31. The number of nitrogens with one attached hydrogen (secondary N) is 1. The Kier molecular flexibility index (Phi) is 7.15. The number of para-hydroxylation sites is 1. The maximum Gasteiger partial charge on any atom is 0.138 e. The van der Waals surface area contributed by atoms with Gasteiger partial charge < -0.3 is 14.8 Å². The van der Waals surface area contributed by atoms with Gasteiger partial charge in [0.1, 0.15) is 23.1 Å². The fourth-order valence-corrected chi connectivity index (χ4v) is 3.19. The van der Waals surface area contributed by atoms with Crippen LogP contribution < -0.4 is 14.8 Å². The van der Waals surface area contributed by atoms with Crippen LogP contribution in [-0.4, -0.2) is 12.1 Å². The third kappa shape index (κ3) is 5.38. The monoisotopic (exact) mass is 431 g/mol. The number of halogens is 2. The highest BCUT2D eigenvalue weighted by Crippen LogP contribution is 2.27. The Morgan fingerprint density at radius 2 is 1.71 bits per heavy atom. The smallest absolute Gasteiger partial charge is 0.138 e. The zero-order chi connectivity index (χ0) is 19.9. The van der Waals surface area contributed by atoms with Crippen LogP contribution in [-0.2, 0) is 13.2 Å². The van der Waals surface area contributed by atoms with Crippen LogP contribution in [0.15, 0.2) is 66.7 Å². The zero-order valence-corrected chi connectivity index (χ0v) is 17.6. The molecule has 0 saturated carbocycles. The Morgan fingerprint density at radius 3 is 2.43 bits per heavy atom. The number of rotatable bonds is 7. The van der Waals surface area contributed by atoms with Crippen molar-refractivity contribution in [3.8, 4) is 11.5 Å². The molecule has 0 atom stereocenters. The second kappa shape index (κ2) is 9.78. The van der Waals surface area contributed by atoms with E-state index in [1.165, 1.54) is 0 Å². The molecular formula is C22H19Cl2NO2S. The van der Waals surface area contributed by atoms with Gasteiger partial charge in [0, 0.05) is 22.7 Å². The first-order chi connectivity index (χ1) is 13.6. The summed E-state index contributed by atoms with van der Waals surface area (Å²) in [6, 6.07) is 20.8. The standard InChI is InChI=1S/C22H19Cl2NO2S/c1-26-20-5-3-2-4-17(20)13-25-22(28)16-8-11-21(19(24)12-16)27-14-15-6-9-18(23)10-7-15/h2-12H,13-14H2,1H3,(H,25,28). The van der Waals surface area contributed by atoms with Gasteiger partial charge in [0.25, 0.3) is 0 Å². The number of methoxy groups -OCH3 is 1. The van der Waals surface area contributed by atoms with Gasteiger partial charge in [-0.2, -0.15) is 0 Å². The van der Waals surface area contributed by atoms with Crippen LogP contribution >= 0.6 is 35.4 Å². The van der Waals surface area contributed by atoms with Crippen molar-refractivity contribution >= 4 is 40.4 Å². The van der Waals surface area contributed by atoms with Crippen LogP contribution in [0.25, 0.3) is 0 Å². The number of thiocarbonyl (C=S) groups is 1. The molecule has 0 saturated heterocycles. The van der Waals surface area contributed by atoms with Gasteiger partial charge in [0.2, 0.25) is 0 Å². The molecule has 144 valence electrons. The maximum atomic E-state index is 6.38. The van der Waals surface area contributed by atoms with E-state index in [9.17, 15) is 0 Å². The Labute approximate surface area is 180 Å². The van der Waals surface area contributed by atoms with Crippen molar-refractivity contribution in [3.05, 3.63) is 93.5 Å². The molecule has 1 N–H and O–H groups in total. The van der Waals surface area contributed by atoms with Crippen molar-refractivity contribution < 1.29 is 9.47 Å². The lowest BCUT2D eigenvalue weighted by Gasteiger charge is -2.13. The Bertz CT molecular complexity index is 961. The van der Waals surface area contributed by atoms with Gasteiger partial charge in [0.15, 0.2) is 0 Å². The molecule has 3 nitrogen and oxygen atoms in total. The Balaban J connectivity index is 1.61. The first-order valence-corrected chi connectivity index (χ1v) is 9.80. The predicted molar refractivity (Wildman–Crippen MR) is 119 cm³/mol. The van der Waals surface area contributed by atoms with E-state index < -0.39 is 0 Å². The second-order valence-electron chi connectivity index (χ2n) is 6.05. The molecule has 0 bridgehead atoms. The minimum Gasteiger partial charge on any atom is -0.496 e. The molecule has 0 fully saturated rings. The molecule has 0 amide bonds. The minimum absolute atomic E-state index is 0.409. The third-order valence-electron chi connectivity index (χ3n) is 4.13. The zero-order valence-electron chi connectivity index (χ0n) is 15.2. The van der Waals surface area contributed by atoms with Crippen LogP contribution in [0.3, 0.4) is 0 Å². The fourth-order valence-electron chi connectivity index (χ4n) is 2.63. The molecular weight excluding hydrogens is 413 g/mol. The molecule has 3 aromatic carbocycles. The average Bonchev–Trinajstić information content (AvgIpc) is 2.72. The summed E-state index contributed by atoms with van der Waals surface area (Å²) >= 11 is 17.8. The summed E-state index contributed by atoms with van der Waals surface area (Å²) in [4.78, 5) is 0.608. The van der Waals surface area contributed by atoms with E-state index in [0.29, 0.717) is 33.9 Å². The molecule has 0 spiro atoms. The molecule has 3 aromatic rings. The van der Waals surface area contributed by atoms with Crippen molar-refractivity contribution in [2.45, 2.75) is 13.2 Å². The van der Waals surface area contributed by atoms with Gasteiger partial charge in [-0.25, -0.2) is 0 Å². The van der Waals surface area contributed by atoms with Gasteiger partial charge >= 0.3 is 0 Å². The molecule has 0 heterocycles. The topological polar surface area (TPSA) is 30.5 Å². The molecule has 28 heavy (non-hydrogen) atoms. The molecule has 0 aliphatic rings. The van der Waals surface area contributed by atoms with Gasteiger partial charge in [-0.1, -0.05) is 65.8 Å². The summed E-state index contributed by atoms with van der Waals surface area (Å²) < 4.78 is 11.2. The van der Waals surface area contributed by atoms with E-state index in [1.807, 2.05) is 60.7 Å². The molecule has 0 aliphatic carbocycles. The fraction of sp³-hybridized carbons (Fsp3) is 0.136. The summed E-state index contributed by atoms with van der Waals surface area (Å²) in [6.45, 7) is 0.974. The molecule has 0 radical (unpaired) electrons. The van der Waals surface area contributed by atoms with Gasteiger partial charge in [-0.05, 0) is 42.0 Å². The van der Waals surface area contributed by atoms with Crippen LogP contribution in [0.1, 0.15) is 16.7 Å². The lowest BCUT2D eigenvalue weighted by molar-refractivity contribution is 0.306. The SMILES string of the molecule is COc1ccccc1CNC(=S)c1ccc(OCc2ccc(Cl)cc2)c(Cl)c1. The summed E-state index contributed by atoms with van der Waals surface area (Å²) in [5.41, 5.74) is 2.87. The van der Waals surface area contributed by atoms with Gasteiger partial charge in [-0.3, -0.25) is 0 Å². The number of hydrogen-bond acceptors (Lipinski definition) is 3. The summed E-state index contributed by atoms with van der Waals surface area (Å²) in [7, 11) is 1.65. The van der Waals surface area contributed by atoms with E-state index in [2.05, 4.69) is 5.32 Å². The van der Waals surface area contributed by atoms with E-state index in [4.69, 9.17) is 44.9 Å². The van der Waals surface area contributed by atoms with Crippen molar-refractivity contribution in [1.29, 1.82) is 0 Å². The van der Waals surface area contributed by atoms with E-state index in [0.717, 1.165) is 22.4 Å². The average molecular weight is 432 g/mol.